The predicted molar refractivity (Wildman–Crippen MR) is 161 cm³/mol. The number of benzene rings is 3. The molecular formula is C30H31ClF2N4O5S. The summed E-state index contributed by atoms with van der Waals surface area (Å²) in [5, 5.41) is 0.700. The molecule has 4 aromatic rings. The Kier molecular flexibility index (Phi) is 9.50. The van der Waals surface area contributed by atoms with Crippen LogP contribution in [-0.4, -0.2) is 76.7 Å². The van der Waals surface area contributed by atoms with Crippen LogP contribution in [0.3, 0.4) is 0 Å². The number of sulfonamides is 1. The molecule has 1 N–H and O–H groups in total. The molecule has 0 unspecified atom stereocenters. The minimum absolute atomic E-state index is 0.00401. The van der Waals surface area contributed by atoms with Gasteiger partial charge in [-0.1, -0.05) is 17.7 Å². The number of methoxy groups -OCH3 is 1. The van der Waals surface area contributed by atoms with Gasteiger partial charge in [0.05, 0.1) is 29.9 Å². The summed E-state index contributed by atoms with van der Waals surface area (Å²) in [6, 6.07) is 12.1. The molecule has 228 valence electrons. The van der Waals surface area contributed by atoms with Crippen molar-refractivity contribution in [1.29, 1.82) is 0 Å². The lowest BCUT2D eigenvalue weighted by Gasteiger charge is -2.32. The minimum atomic E-state index is -4.56. The second kappa shape index (κ2) is 13.3. The number of nitrogens with zero attached hydrogens (tertiary/aromatic N) is 3. The van der Waals surface area contributed by atoms with Gasteiger partial charge in [0.2, 0.25) is 0 Å². The number of likely N-dealkylation sites (N-methyl/N-ethyl adjacent to an activating group) is 1. The monoisotopic (exact) mass is 632 g/mol. The highest BCUT2D eigenvalue weighted by atomic mass is 35.5. The van der Waals surface area contributed by atoms with Crippen molar-refractivity contribution < 1.29 is 31.4 Å². The van der Waals surface area contributed by atoms with Crippen molar-refractivity contribution in [2.75, 3.05) is 58.2 Å². The van der Waals surface area contributed by atoms with Crippen molar-refractivity contribution in [3.05, 3.63) is 77.5 Å². The van der Waals surface area contributed by atoms with Gasteiger partial charge in [-0.3, -0.25) is 9.71 Å². The number of hydrogen-bond acceptors (Lipinski definition) is 8. The average molecular weight is 633 g/mol. The molecule has 0 radical (unpaired) electrons. The minimum Gasteiger partial charge on any atom is -0.493 e. The number of piperazine rings is 1. The maximum absolute atomic E-state index is 14.1. The first-order chi connectivity index (χ1) is 20.6. The van der Waals surface area contributed by atoms with Crippen LogP contribution in [-0.2, 0) is 10.0 Å². The molecule has 0 spiro atoms. The van der Waals surface area contributed by atoms with E-state index in [-0.39, 0.29) is 16.5 Å². The van der Waals surface area contributed by atoms with Gasteiger partial charge in [0.1, 0.15) is 23.1 Å². The van der Waals surface area contributed by atoms with E-state index in [1.54, 1.807) is 31.5 Å². The van der Waals surface area contributed by atoms with Crippen LogP contribution < -0.4 is 18.9 Å². The number of rotatable bonds is 11. The third-order valence-corrected chi connectivity index (χ3v) is 8.78. The third-order valence-electron chi connectivity index (χ3n) is 7.05. The van der Waals surface area contributed by atoms with Crippen LogP contribution in [0.15, 0.2) is 65.7 Å². The zero-order chi connectivity index (χ0) is 30.6. The Bertz CT molecular complexity index is 1700. The first-order valence-corrected chi connectivity index (χ1v) is 15.5. The number of hydrogen-bond donors (Lipinski definition) is 1. The fourth-order valence-corrected chi connectivity index (χ4v) is 6.15. The van der Waals surface area contributed by atoms with E-state index in [2.05, 4.69) is 26.6 Å². The molecule has 1 aliphatic rings. The van der Waals surface area contributed by atoms with E-state index in [9.17, 15) is 17.2 Å². The largest absolute Gasteiger partial charge is 0.493 e. The number of aromatic nitrogens is 1. The van der Waals surface area contributed by atoms with Crippen LogP contribution in [0.5, 0.6) is 23.0 Å². The summed E-state index contributed by atoms with van der Waals surface area (Å²) in [6.07, 6.45) is 2.46. The van der Waals surface area contributed by atoms with Crippen molar-refractivity contribution in [2.45, 2.75) is 11.3 Å². The molecule has 0 atom stereocenters. The second-order valence-electron chi connectivity index (χ2n) is 10.1. The van der Waals surface area contributed by atoms with Crippen LogP contribution in [0.4, 0.5) is 14.5 Å². The smallest absolute Gasteiger partial charge is 0.267 e. The normalized spacial score (nSPS) is 14.5. The van der Waals surface area contributed by atoms with E-state index in [1.165, 1.54) is 18.2 Å². The summed E-state index contributed by atoms with van der Waals surface area (Å²) in [5.74, 6) is -0.693. The van der Waals surface area contributed by atoms with Crippen LogP contribution >= 0.6 is 11.6 Å². The standard InChI is InChI=1S/C30H31ClF2N4O5S/c1-36-12-14-37(15-13-36)11-4-16-41-29-19-25-21(18-28(29)40-2)26(9-10-34-25)42-27-8-7-20(17-22(27)31)35-43(38,39)30-23(32)5-3-6-24(30)33/h3,5-10,17-19,35H,4,11-16H2,1-2H3. The van der Waals surface area contributed by atoms with Gasteiger partial charge in [0.25, 0.3) is 10.0 Å². The van der Waals surface area contributed by atoms with Gasteiger partial charge in [-0.15, -0.1) is 0 Å². The highest BCUT2D eigenvalue weighted by molar-refractivity contribution is 7.92. The molecule has 0 aliphatic carbocycles. The molecule has 0 amide bonds. The quantitative estimate of drug-likeness (QED) is 0.208. The zero-order valence-corrected chi connectivity index (χ0v) is 25.2. The lowest BCUT2D eigenvalue weighted by molar-refractivity contribution is 0.145. The lowest BCUT2D eigenvalue weighted by Crippen LogP contribution is -2.44. The number of pyridine rings is 1. The van der Waals surface area contributed by atoms with E-state index in [1.807, 2.05) is 0 Å². The van der Waals surface area contributed by atoms with Gasteiger partial charge in [-0.05, 0) is 55.9 Å². The number of nitrogens with one attached hydrogen (secondary N) is 1. The summed E-state index contributed by atoms with van der Waals surface area (Å²) >= 11 is 6.41. The van der Waals surface area contributed by atoms with Crippen molar-refractivity contribution in [3.8, 4) is 23.0 Å². The average Bonchev–Trinajstić information content (AvgIpc) is 2.97. The van der Waals surface area contributed by atoms with E-state index in [0.717, 1.165) is 57.3 Å². The lowest BCUT2D eigenvalue weighted by atomic mass is 10.1. The zero-order valence-electron chi connectivity index (χ0n) is 23.6. The van der Waals surface area contributed by atoms with Crippen molar-refractivity contribution in [3.63, 3.8) is 0 Å². The molecule has 1 saturated heterocycles. The van der Waals surface area contributed by atoms with E-state index in [0.29, 0.717) is 34.8 Å². The van der Waals surface area contributed by atoms with Gasteiger partial charge in [0, 0.05) is 50.4 Å². The summed E-state index contributed by atoms with van der Waals surface area (Å²) in [4.78, 5) is 8.12. The van der Waals surface area contributed by atoms with Crippen LogP contribution in [0.2, 0.25) is 5.02 Å². The van der Waals surface area contributed by atoms with E-state index in [4.69, 9.17) is 25.8 Å². The van der Waals surface area contributed by atoms with Gasteiger partial charge in [0.15, 0.2) is 16.4 Å². The molecule has 5 rings (SSSR count). The van der Waals surface area contributed by atoms with E-state index < -0.39 is 26.6 Å². The van der Waals surface area contributed by atoms with E-state index >= 15 is 0 Å². The summed E-state index contributed by atoms with van der Waals surface area (Å²) in [7, 11) is -0.869. The SMILES string of the molecule is COc1cc2c(Oc3ccc(NS(=O)(=O)c4c(F)cccc4F)cc3Cl)ccnc2cc1OCCCN1CCN(C)CC1. The summed E-state index contributed by atoms with van der Waals surface area (Å²) < 4.78 is 73.3. The Morgan fingerprint density at radius 3 is 2.40 bits per heavy atom. The maximum atomic E-state index is 14.1. The first kappa shape index (κ1) is 30.7. The molecule has 13 heteroatoms. The number of halogens is 3. The van der Waals surface area contributed by atoms with Gasteiger partial charge in [-0.25, -0.2) is 17.2 Å². The molecule has 1 fully saturated rings. The number of fused-ring (bicyclic) bond motifs is 1. The Morgan fingerprint density at radius 1 is 0.953 bits per heavy atom. The Morgan fingerprint density at radius 2 is 1.70 bits per heavy atom. The van der Waals surface area contributed by atoms with Gasteiger partial charge in [-0.2, -0.15) is 0 Å². The highest BCUT2D eigenvalue weighted by Gasteiger charge is 2.24. The molecule has 1 aliphatic heterocycles. The summed E-state index contributed by atoms with van der Waals surface area (Å²) in [6.45, 7) is 5.73. The van der Waals surface area contributed by atoms with Gasteiger partial charge >= 0.3 is 0 Å². The molecule has 9 nitrogen and oxygen atoms in total. The Labute approximate surface area is 254 Å². The maximum Gasteiger partial charge on any atom is 0.267 e. The third kappa shape index (κ3) is 7.27. The molecule has 3 aromatic carbocycles. The van der Waals surface area contributed by atoms with Crippen LogP contribution in [0.25, 0.3) is 10.9 Å². The molecule has 43 heavy (non-hydrogen) atoms. The molecule has 2 heterocycles. The van der Waals surface area contributed by atoms with Crippen LogP contribution in [0.1, 0.15) is 6.42 Å². The number of ether oxygens (including phenoxy) is 3. The fourth-order valence-electron chi connectivity index (χ4n) is 4.74. The fraction of sp³-hybridized carbons (Fsp3) is 0.300. The molecular weight excluding hydrogens is 602 g/mol. The van der Waals surface area contributed by atoms with Crippen molar-refractivity contribution >= 4 is 38.2 Å². The van der Waals surface area contributed by atoms with Gasteiger partial charge < -0.3 is 24.0 Å². The predicted octanol–water partition coefficient (Wildman–Crippen LogP) is 5.78. The Balaban J connectivity index is 1.29. The number of anilines is 1. The van der Waals surface area contributed by atoms with Crippen molar-refractivity contribution in [1.82, 2.24) is 14.8 Å². The van der Waals surface area contributed by atoms with Crippen LogP contribution in [0, 0.1) is 11.6 Å². The molecule has 1 aromatic heterocycles. The summed E-state index contributed by atoms with van der Waals surface area (Å²) in [5.41, 5.74) is 0.607. The topological polar surface area (TPSA) is 93.2 Å². The second-order valence-corrected chi connectivity index (χ2v) is 12.1. The molecule has 0 bridgehead atoms. The Hall–Kier alpha value is -3.71. The molecule has 0 saturated carbocycles. The van der Waals surface area contributed by atoms with Crippen molar-refractivity contribution in [2.24, 2.45) is 0 Å². The highest BCUT2D eigenvalue weighted by Crippen LogP contribution is 2.39. The first-order valence-electron chi connectivity index (χ1n) is 13.6.